The topological polar surface area (TPSA) is 66.4 Å². The molecule has 6 nitrogen and oxygen atoms in total. The molecule has 0 amide bonds. The summed E-state index contributed by atoms with van der Waals surface area (Å²) in [5.74, 6) is 0. The van der Waals surface area contributed by atoms with E-state index in [-0.39, 0.29) is 6.61 Å². The Kier molecular flexibility index (Phi) is 11.1. The van der Waals surface area contributed by atoms with Crippen LogP contribution in [0.25, 0.3) is 0 Å². The molecule has 1 N–H and O–H groups in total. The van der Waals surface area contributed by atoms with Gasteiger partial charge < -0.3 is 26.3 Å². The molecule has 0 spiro atoms. The highest BCUT2D eigenvalue weighted by Crippen LogP contribution is 2.27. The minimum Gasteiger partial charge on any atom is -0.437 e. The molecule has 0 radical (unpaired) electrons. The van der Waals surface area contributed by atoms with E-state index in [1.165, 1.54) is 0 Å². The van der Waals surface area contributed by atoms with Crippen LogP contribution in [0.4, 0.5) is 0 Å². The molecule has 0 unspecified atom stereocenters. The molecule has 0 fully saturated rings. The molecule has 0 heterocycles. The monoisotopic (exact) mass is 472 g/mol. The predicted molar refractivity (Wildman–Crippen MR) is 125 cm³/mol. The van der Waals surface area contributed by atoms with Crippen molar-refractivity contribution in [3.63, 3.8) is 0 Å². The summed E-state index contributed by atoms with van der Waals surface area (Å²) in [7, 11) is -10.4. The van der Waals surface area contributed by atoms with Gasteiger partial charge in [-0.25, -0.2) is 0 Å². The van der Waals surface area contributed by atoms with Gasteiger partial charge in [-0.3, -0.25) is 0 Å². The predicted octanol–water partition coefficient (Wildman–Crippen LogP) is 4.60. The van der Waals surface area contributed by atoms with E-state index in [1.54, 1.807) is 0 Å². The molecule has 0 saturated carbocycles. The van der Waals surface area contributed by atoms with Crippen molar-refractivity contribution in [2.24, 2.45) is 0 Å². The van der Waals surface area contributed by atoms with Crippen molar-refractivity contribution in [3.05, 3.63) is 0 Å². The lowest BCUT2D eigenvalue weighted by molar-refractivity contribution is 0.0923. The van der Waals surface area contributed by atoms with Gasteiger partial charge in [0.15, 0.2) is 16.6 Å². The Bertz CT molecular complexity index is 438. The highest BCUT2D eigenvalue weighted by atomic mass is 28.5. The van der Waals surface area contributed by atoms with Crippen LogP contribution in [0.5, 0.6) is 0 Å². The molecular formula is C16H44O6Si5. The minimum atomic E-state index is -2.36. The molecule has 27 heavy (non-hydrogen) atoms. The van der Waals surface area contributed by atoms with Crippen molar-refractivity contribution >= 4 is 42.3 Å². The molecule has 11 heteroatoms. The fourth-order valence-electron chi connectivity index (χ4n) is 3.47. The molecule has 0 aromatic heterocycles. The van der Waals surface area contributed by atoms with Crippen molar-refractivity contribution < 1.29 is 26.3 Å². The first-order valence-electron chi connectivity index (χ1n) is 9.88. The van der Waals surface area contributed by atoms with E-state index in [1.807, 2.05) is 0 Å². The molecule has 0 aliphatic heterocycles. The maximum absolute atomic E-state index is 8.77. The van der Waals surface area contributed by atoms with E-state index < -0.39 is 42.3 Å². The van der Waals surface area contributed by atoms with E-state index in [9.17, 15) is 0 Å². The second-order valence-electron chi connectivity index (χ2n) is 9.92. The molecule has 0 aliphatic carbocycles. The van der Waals surface area contributed by atoms with Crippen molar-refractivity contribution in [1.82, 2.24) is 0 Å². The number of aliphatic hydroxyl groups excluding tert-OH is 1. The van der Waals surface area contributed by atoms with Crippen LogP contribution in [0.3, 0.4) is 0 Å². The number of ether oxygens (including phenoxy) is 1. The van der Waals surface area contributed by atoms with Gasteiger partial charge in [-0.15, -0.1) is 0 Å². The van der Waals surface area contributed by atoms with E-state index in [0.29, 0.717) is 13.2 Å². The van der Waals surface area contributed by atoms with Crippen LogP contribution in [0.15, 0.2) is 0 Å². The second kappa shape index (κ2) is 10.7. The number of aliphatic hydroxyl groups is 1. The van der Waals surface area contributed by atoms with Gasteiger partial charge in [0.25, 0.3) is 0 Å². The Morgan fingerprint density at radius 2 is 1.04 bits per heavy atom. The Hall–Kier alpha value is 0.844. The van der Waals surface area contributed by atoms with Gasteiger partial charge in [0, 0.05) is 6.61 Å². The quantitative estimate of drug-likeness (QED) is 0.294. The summed E-state index contributed by atoms with van der Waals surface area (Å²) in [6, 6.07) is 1.01. The molecule has 0 aromatic rings. The van der Waals surface area contributed by atoms with Gasteiger partial charge in [0.05, 0.1) is 13.2 Å². The zero-order valence-corrected chi connectivity index (χ0v) is 24.5. The first-order valence-corrected chi connectivity index (χ1v) is 24.9. The molecule has 0 aliphatic rings. The molecule has 0 bridgehead atoms. The minimum absolute atomic E-state index is 0.0753. The van der Waals surface area contributed by atoms with Crippen LogP contribution < -0.4 is 0 Å². The third kappa shape index (κ3) is 15.4. The summed E-state index contributed by atoms with van der Waals surface area (Å²) in [6.45, 7) is 24.9. The standard InChI is InChI=1S/C16H44O6Si5/c1-23(2,3)19-25(6,7)21-27(10,11)22-26(8,9)20-24(4,5)16-12-14-18-15-13-17/h17H,12-16H2,1-11H3. The zero-order valence-electron chi connectivity index (χ0n) is 19.5. The fourth-order valence-corrected chi connectivity index (χ4v) is 27.2. The van der Waals surface area contributed by atoms with Crippen molar-refractivity contribution in [2.75, 3.05) is 19.8 Å². The van der Waals surface area contributed by atoms with Gasteiger partial charge >= 0.3 is 25.7 Å². The van der Waals surface area contributed by atoms with Crippen LogP contribution in [0.1, 0.15) is 6.42 Å². The van der Waals surface area contributed by atoms with Gasteiger partial charge in [-0.1, -0.05) is 0 Å². The Balaban J connectivity index is 4.72. The lowest BCUT2D eigenvalue weighted by Crippen LogP contribution is -2.58. The fraction of sp³-hybridized carbons (Fsp3) is 1.00. The van der Waals surface area contributed by atoms with E-state index in [0.717, 1.165) is 12.5 Å². The summed E-state index contributed by atoms with van der Waals surface area (Å²) in [5, 5.41) is 8.77. The Morgan fingerprint density at radius 3 is 1.48 bits per heavy atom. The van der Waals surface area contributed by atoms with Crippen LogP contribution in [0, 0.1) is 0 Å². The lowest BCUT2D eigenvalue weighted by Gasteiger charge is -2.42. The third-order valence-corrected chi connectivity index (χ3v) is 21.4. The largest absolute Gasteiger partial charge is 0.437 e. The van der Waals surface area contributed by atoms with Crippen molar-refractivity contribution in [1.29, 1.82) is 0 Å². The Morgan fingerprint density at radius 1 is 0.593 bits per heavy atom. The summed E-state index contributed by atoms with van der Waals surface area (Å²) in [4.78, 5) is 0. The van der Waals surface area contributed by atoms with E-state index in [2.05, 4.69) is 72.0 Å². The normalized spacial score (nSPS) is 14.7. The summed E-state index contributed by atoms with van der Waals surface area (Å²) >= 11 is 0. The van der Waals surface area contributed by atoms with Gasteiger partial charge in [-0.05, 0) is 84.5 Å². The maximum Gasteiger partial charge on any atom is 0.314 e. The first kappa shape index (κ1) is 27.8. The summed E-state index contributed by atoms with van der Waals surface area (Å²) in [6.07, 6.45) is 0.949. The average molecular weight is 473 g/mol. The van der Waals surface area contributed by atoms with Crippen LogP contribution >= 0.6 is 0 Å². The molecule has 164 valence electrons. The first-order chi connectivity index (χ1) is 11.9. The molecule has 0 rings (SSSR count). The number of rotatable bonds is 14. The van der Waals surface area contributed by atoms with Crippen LogP contribution in [0.2, 0.25) is 78.1 Å². The molecule has 0 aromatic carbocycles. The zero-order chi connectivity index (χ0) is 21.6. The molecule has 0 atom stereocenters. The maximum atomic E-state index is 8.77. The van der Waals surface area contributed by atoms with Crippen LogP contribution in [-0.4, -0.2) is 67.2 Å². The SMILES string of the molecule is C[Si](C)(C)O[Si](C)(C)O[Si](C)(C)O[Si](C)(C)O[Si](C)(C)CCCOCCO. The third-order valence-electron chi connectivity index (χ3n) is 3.36. The number of hydrogen-bond donors (Lipinski definition) is 1. The molecule has 0 saturated heterocycles. The Labute approximate surface area is 172 Å². The van der Waals surface area contributed by atoms with E-state index in [4.69, 9.17) is 26.3 Å². The van der Waals surface area contributed by atoms with Crippen molar-refractivity contribution in [2.45, 2.75) is 84.5 Å². The van der Waals surface area contributed by atoms with E-state index >= 15 is 0 Å². The number of hydrogen-bond acceptors (Lipinski definition) is 6. The lowest BCUT2D eigenvalue weighted by atomic mass is 10.5. The molecular weight excluding hydrogens is 429 g/mol. The average Bonchev–Trinajstić information content (AvgIpc) is 2.29. The summed E-state index contributed by atoms with van der Waals surface area (Å²) < 4.78 is 31.3. The highest BCUT2D eigenvalue weighted by molar-refractivity contribution is 6.90. The smallest absolute Gasteiger partial charge is 0.314 e. The second-order valence-corrected chi connectivity index (χ2v) is 29.8. The van der Waals surface area contributed by atoms with Crippen molar-refractivity contribution in [3.8, 4) is 0 Å². The summed E-state index contributed by atoms with van der Waals surface area (Å²) in [5.41, 5.74) is 0. The van der Waals surface area contributed by atoms with Gasteiger partial charge in [-0.2, -0.15) is 0 Å². The van der Waals surface area contributed by atoms with Gasteiger partial charge in [0.1, 0.15) is 0 Å². The van der Waals surface area contributed by atoms with Crippen LogP contribution in [-0.2, 0) is 21.2 Å². The highest BCUT2D eigenvalue weighted by Gasteiger charge is 2.44. The van der Waals surface area contributed by atoms with Gasteiger partial charge in [0.2, 0.25) is 0 Å².